The SMILES string of the molecule is C[C@H]1[C@@H](CC(COC(=O)c2cc(F)nc(F)c2)C[C@H]2O[C@@H]3O[C@@]4(C)CC[C@H]5[C@H](C)CC[C@@H]([C@H]2C)[C@@]35OO4)O[C@@H]2O[C@@]3(C)CC[C@H]4[C@H](C)CC[C@@H]1[C@@]24OO3. The van der Waals surface area contributed by atoms with Gasteiger partial charge in [-0.05, 0) is 107 Å². The zero-order valence-corrected chi connectivity index (χ0v) is 31.7. The number of hydrogen-bond acceptors (Lipinski definition) is 11. The van der Waals surface area contributed by atoms with E-state index in [-0.39, 0.29) is 65.8 Å². The van der Waals surface area contributed by atoms with Gasteiger partial charge in [-0.2, -0.15) is 13.8 Å². The number of halogens is 2. The summed E-state index contributed by atoms with van der Waals surface area (Å²) in [6.07, 6.45) is 6.81. The highest BCUT2D eigenvalue weighted by Crippen LogP contribution is 2.63. The van der Waals surface area contributed by atoms with Crippen molar-refractivity contribution in [3.8, 4) is 0 Å². The Hall–Kier alpha value is -1.84. The van der Waals surface area contributed by atoms with E-state index >= 15 is 0 Å². The highest BCUT2D eigenvalue weighted by Gasteiger charge is 2.71. The molecule has 0 radical (unpaired) electrons. The van der Waals surface area contributed by atoms with E-state index in [0.29, 0.717) is 24.7 Å². The second-order valence-electron chi connectivity index (χ2n) is 18.3. The maximum atomic E-state index is 14.0. The van der Waals surface area contributed by atoms with Crippen LogP contribution in [0.25, 0.3) is 0 Å². The third-order valence-corrected chi connectivity index (χ3v) is 15.2. The Balaban J connectivity index is 1.00. The predicted octanol–water partition coefficient (Wildman–Crippen LogP) is 7.41. The van der Waals surface area contributed by atoms with Gasteiger partial charge in [0.2, 0.25) is 23.5 Å². The van der Waals surface area contributed by atoms with Crippen molar-refractivity contribution in [3.63, 3.8) is 0 Å². The highest BCUT2D eigenvalue weighted by atomic mass is 19.1. The lowest BCUT2D eigenvalue weighted by Gasteiger charge is -2.61. The first-order valence-electron chi connectivity index (χ1n) is 20.1. The van der Waals surface area contributed by atoms with E-state index in [4.69, 9.17) is 43.2 Å². The molecule has 11 nitrogen and oxygen atoms in total. The molecule has 10 fully saturated rings. The van der Waals surface area contributed by atoms with Crippen molar-refractivity contribution in [1.29, 1.82) is 0 Å². The van der Waals surface area contributed by atoms with Crippen molar-refractivity contribution in [2.75, 3.05) is 6.61 Å². The molecular formula is C40H55F2NO10. The summed E-state index contributed by atoms with van der Waals surface area (Å²) in [5, 5.41) is 0. The van der Waals surface area contributed by atoms with Gasteiger partial charge in [-0.1, -0.05) is 27.7 Å². The molecule has 11 rings (SSSR count). The molecule has 2 aliphatic carbocycles. The summed E-state index contributed by atoms with van der Waals surface area (Å²) >= 11 is 0. The number of ether oxygens (including phenoxy) is 5. The molecular weight excluding hydrogens is 692 g/mol. The molecule has 16 atom stereocenters. The van der Waals surface area contributed by atoms with Gasteiger partial charge in [-0.25, -0.2) is 24.3 Å². The fourth-order valence-electron chi connectivity index (χ4n) is 12.2. The van der Waals surface area contributed by atoms with E-state index in [9.17, 15) is 13.6 Å². The van der Waals surface area contributed by atoms with E-state index < -0.39 is 53.2 Å². The van der Waals surface area contributed by atoms with Crippen molar-refractivity contribution in [3.05, 3.63) is 29.6 Å². The molecule has 2 spiro atoms. The number of carbonyl (C=O) groups excluding carboxylic acids is 1. The number of pyridine rings is 1. The fraction of sp³-hybridized carbons (Fsp3) is 0.850. The molecule has 294 valence electrons. The van der Waals surface area contributed by atoms with Gasteiger partial charge in [0.15, 0.2) is 23.8 Å². The lowest BCUT2D eigenvalue weighted by Crippen LogP contribution is -2.70. The second-order valence-corrected chi connectivity index (χ2v) is 18.3. The number of rotatable bonds is 7. The van der Waals surface area contributed by atoms with Crippen LogP contribution in [-0.4, -0.2) is 65.1 Å². The Bertz CT molecular complexity index is 1490. The zero-order valence-electron chi connectivity index (χ0n) is 31.7. The standard InChI is InChI=1S/C40H55F2NO10/c1-20-7-9-28-22(3)30(46-35-39(28)26(20)11-13-37(5,48-35)50-52-39)15-24(19-45-34(44)25-17-32(41)43-33(42)18-25)16-31-23(4)29-10-8-21(2)27-12-14-38(6)49-36(47-31)40(27,29)53-51-38/h17-18,20-24,26-31,35-36H,7-16,19H2,1-6H3/t20-,21-,22-,23-,26+,27+,28+,29+,30-,31-,35-,36-,37-,38-,39-,40-/m1/s1. The first kappa shape index (κ1) is 36.8. The molecule has 4 bridgehead atoms. The summed E-state index contributed by atoms with van der Waals surface area (Å²) in [4.78, 5) is 41.2. The molecule has 0 unspecified atom stereocenters. The van der Waals surface area contributed by atoms with Crippen LogP contribution in [0.2, 0.25) is 0 Å². The molecule has 2 saturated carbocycles. The van der Waals surface area contributed by atoms with Gasteiger partial charge in [-0.3, -0.25) is 0 Å². The Morgan fingerprint density at radius 1 is 0.736 bits per heavy atom. The average Bonchev–Trinajstić information content (AvgIpc) is 3.49. The molecule has 0 amide bonds. The molecule has 1 aromatic rings. The number of fused-ring (bicyclic) bond motifs is 4. The van der Waals surface area contributed by atoms with Crippen LogP contribution in [0.15, 0.2) is 12.1 Å². The predicted molar refractivity (Wildman–Crippen MR) is 181 cm³/mol. The van der Waals surface area contributed by atoms with Crippen LogP contribution in [0.5, 0.6) is 0 Å². The van der Waals surface area contributed by atoms with Crippen LogP contribution in [0.3, 0.4) is 0 Å². The monoisotopic (exact) mass is 747 g/mol. The van der Waals surface area contributed by atoms with Gasteiger partial charge in [0.1, 0.15) is 0 Å². The first-order chi connectivity index (χ1) is 25.2. The van der Waals surface area contributed by atoms with Crippen LogP contribution in [0.4, 0.5) is 8.78 Å². The third-order valence-electron chi connectivity index (χ3n) is 15.2. The van der Waals surface area contributed by atoms with Gasteiger partial charge in [0.25, 0.3) is 0 Å². The molecule has 53 heavy (non-hydrogen) atoms. The summed E-state index contributed by atoms with van der Waals surface area (Å²) in [6, 6.07) is 1.78. The molecule has 13 heteroatoms. The van der Waals surface area contributed by atoms with Crippen molar-refractivity contribution < 1.29 is 56.8 Å². The topological polar surface area (TPSA) is 113 Å². The van der Waals surface area contributed by atoms with Crippen molar-refractivity contribution in [2.24, 2.45) is 53.3 Å². The maximum absolute atomic E-state index is 14.0. The van der Waals surface area contributed by atoms with Crippen LogP contribution < -0.4 is 0 Å². The van der Waals surface area contributed by atoms with E-state index in [2.05, 4.69) is 32.7 Å². The number of hydrogen-bond donors (Lipinski definition) is 0. The van der Waals surface area contributed by atoms with E-state index in [0.717, 1.165) is 63.5 Å². The molecule has 0 aromatic carbocycles. The molecule has 8 saturated heterocycles. The van der Waals surface area contributed by atoms with Gasteiger partial charge in [0.05, 0.1) is 24.4 Å². The zero-order chi connectivity index (χ0) is 37.1. The second kappa shape index (κ2) is 13.1. The number of aromatic nitrogens is 1. The molecule has 8 aliphatic heterocycles. The van der Waals surface area contributed by atoms with Crippen molar-refractivity contribution in [1.82, 2.24) is 4.98 Å². The number of carbonyl (C=O) groups is 1. The van der Waals surface area contributed by atoms with Gasteiger partial charge < -0.3 is 23.7 Å². The van der Waals surface area contributed by atoms with Gasteiger partial charge in [-0.15, -0.1) is 0 Å². The quantitative estimate of drug-likeness (QED) is 0.158. The minimum atomic E-state index is -1.08. The molecule has 10 aliphatic rings. The summed E-state index contributed by atoms with van der Waals surface area (Å²) in [5.41, 5.74) is -1.62. The molecule has 9 heterocycles. The van der Waals surface area contributed by atoms with Gasteiger partial charge in [0, 0.05) is 36.8 Å². The minimum absolute atomic E-state index is 0.000190. The molecule has 1 aromatic heterocycles. The Kier molecular flexibility index (Phi) is 9.10. The molecule has 0 N–H and O–H groups in total. The number of nitrogens with zero attached hydrogens (tertiary/aromatic N) is 1. The Labute approximate surface area is 310 Å². The van der Waals surface area contributed by atoms with Crippen LogP contribution >= 0.6 is 0 Å². The third kappa shape index (κ3) is 5.84. The van der Waals surface area contributed by atoms with Gasteiger partial charge >= 0.3 is 5.97 Å². The van der Waals surface area contributed by atoms with Crippen LogP contribution in [0.1, 0.15) is 116 Å². The van der Waals surface area contributed by atoms with Crippen LogP contribution in [-0.2, 0) is 43.2 Å². The summed E-state index contributed by atoms with van der Waals surface area (Å²) in [6.45, 7) is 12.9. The summed E-state index contributed by atoms with van der Waals surface area (Å²) < 4.78 is 61.1. The van der Waals surface area contributed by atoms with Crippen molar-refractivity contribution in [2.45, 2.75) is 153 Å². The summed E-state index contributed by atoms with van der Waals surface area (Å²) in [5.74, 6) is -3.21. The Morgan fingerprint density at radius 2 is 1.21 bits per heavy atom. The van der Waals surface area contributed by atoms with Crippen molar-refractivity contribution >= 4 is 5.97 Å². The fourth-order valence-corrected chi connectivity index (χ4v) is 12.2. The highest BCUT2D eigenvalue weighted by molar-refractivity contribution is 5.89. The largest absolute Gasteiger partial charge is 0.462 e. The lowest BCUT2D eigenvalue weighted by molar-refractivity contribution is -0.571. The van der Waals surface area contributed by atoms with Crippen LogP contribution in [0, 0.1) is 65.2 Å². The minimum Gasteiger partial charge on any atom is -0.462 e. The summed E-state index contributed by atoms with van der Waals surface area (Å²) in [7, 11) is 0. The number of esters is 1. The van der Waals surface area contributed by atoms with E-state index in [1.54, 1.807) is 0 Å². The maximum Gasteiger partial charge on any atom is 0.338 e. The Morgan fingerprint density at radius 3 is 1.68 bits per heavy atom. The van der Waals surface area contributed by atoms with E-state index in [1.165, 1.54) is 0 Å². The normalized spacial score (nSPS) is 50.3. The lowest BCUT2D eigenvalue weighted by atomic mass is 9.56. The first-order valence-corrected chi connectivity index (χ1v) is 20.1. The smallest absolute Gasteiger partial charge is 0.338 e. The van der Waals surface area contributed by atoms with E-state index in [1.807, 2.05) is 13.8 Å². The average molecular weight is 748 g/mol.